The highest BCUT2D eigenvalue weighted by atomic mass is 19.4. The molecule has 59 valence electrons. The van der Waals surface area contributed by atoms with Gasteiger partial charge in [0.05, 0.1) is 18.3 Å². The summed E-state index contributed by atoms with van der Waals surface area (Å²) in [5, 5.41) is 6.32. The summed E-state index contributed by atoms with van der Waals surface area (Å²) in [4.78, 5) is 3.25. The number of nitrogens with zero attached hydrogens (tertiary/aromatic N) is 3. The second kappa shape index (κ2) is 2.81. The van der Waals surface area contributed by atoms with Crippen LogP contribution in [0.1, 0.15) is 5.69 Å². The van der Waals surface area contributed by atoms with E-state index >= 15 is 0 Å². The normalized spacial score (nSPS) is 11.5. The molecule has 0 N–H and O–H groups in total. The maximum atomic E-state index is 11.6. The summed E-state index contributed by atoms with van der Waals surface area (Å²) in [6.07, 6.45) is -2.40. The second-order valence-corrected chi connectivity index (χ2v) is 1.84. The average Bonchev–Trinajstić information content (AvgIpc) is 1.85. The van der Waals surface area contributed by atoms with Crippen molar-refractivity contribution in [2.75, 3.05) is 0 Å². The molecule has 0 fully saturated rings. The molecule has 0 amide bonds. The molecular weight excluding hydrogens is 159 g/mol. The Hall–Kier alpha value is -1.20. The number of hydrogen-bond donors (Lipinski definition) is 0. The van der Waals surface area contributed by atoms with Gasteiger partial charge >= 0.3 is 6.18 Å². The summed E-state index contributed by atoms with van der Waals surface area (Å²) in [7, 11) is 0. The third kappa shape index (κ3) is 2.92. The molecule has 0 unspecified atom stereocenters. The van der Waals surface area contributed by atoms with Gasteiger partial charge < -0.3 is 0 Å². The van der Waals surface area contributed by atoms with E-state index in [0.29, 0.717) is 0 Å². The quantitative estimate of drug-likeness (QED) is 0.612. The monoisotopic (exact) mass is 162 g/mol. The second-order valence-electron chi connectivity index (χ2n) is 1.84. The van der Waals surface area contributed by atoms with Gasteiger partial charge in [0.1, 0.15) is 0 Å². The lowest BCUT2D eigenvalue weighted by atomic mass is 10.3. The highest BCUT2D eigenvalue weighted by molar-refractivity contribution is 4.93. The van der Waals surface area contributed by atoms with Gasteiger partial charge in [0.15, 0.2) is 0 Å². The SMILES string of the molecule is FC(F)(F)Cc1cnn[c]n1. The first-order valence-electron chi connectivity index (χ1n) is 2.69. The van der Waals surface area contributed by atoms with Crippen molar-refractivity contribution in [3.8, 4) is 0 Å². The van der Waals surface area contributed by atoms with Gasteiger partial charge in [-0.25, -0.2) is 4.98 Å². The predicted molar refractivity (Wildman–Crippen MR) is 28.4 cm³/mol. The fourth-order valence-corrected chi connectivity index (χ4v) is 0.527. The Labute approximate surface area is 60.3 Å². The van der Waals surface area contributed by atoms with Crippen LogP contribution in [0.2, 0.25) is 0 Å². The lowest BCUT2D eigenvalue weighted by Crippen LogP contribution is -2.13. The van der Waals surface area contributed by atoms with E-state index in [1.54, 1.807) is 0 Å². The number of halogens is 3. The Kier molecular flexibility index (Phi) is 2.02. The van der Waals surface area contributed by atoms with E-state index in [9.17, 15) is 13.2 Å². The molecule has 11 heavy (non-hydrogen) atoms. The summed E-state index contributed by atoms with van der Waals surface area (Å²) in [5.74, 6) is 0. The largest absolute Gasteiger partial charge is 0.394 e. The van der Waals surface area contributed by atoms with Gasteiger partial charge in [-0.2, -0.15) is 18.3 Å². The highest BCUT2D eigenvalue weighted by Crippen LogP contribution is 2.18. The summed E-state index contributed by atoms with van der Waals surface area (Å²) in [6, 6.07) is 0. The summed E-state index contributed by atoms with van der Waals surface area (Å²) in [6.45, 7) is 0. The maximum absolute atomic E-state index is 11.6. The fourth-order valence-electron chi connectivity index (χ4n) is 0.527. The first-order chi connectivity index (χ1) is 5.08. The van der Waals surface area contributed by atoms with Gasteiger partial charge in [-0.15, -0.1) is 5.10 Å². The number of rotatable bonds is 1. The molecule has 1 rings (SSSR count). The molecule has 0 spiro atoms. The van der Waals surface area contributed by atoms with E-state index in [1.807, 2.05) is 6.33 Å². The zero-order valence-corrected chi connectivity index (χ0v) is 5.26. The van der Waals surface area contributed by atoms with Crippen LogP contribution in [0, 0.1) is 6.33 Å². The van der Waals surface area contributed by atoms with E-state index in [-0.39, 0.29) is 5.69 Å². The molecule has 0 bridgehead atoms. The molecule has 0 aliphatic heterocycles. The number of hydrogen-bond acceptors (Lipinski definition) is 3. The van der Waals surface area contributed by atoms with Crippen LogP contribution in [0.25, 0.3) is 0 Å². The van der Waals surface area contributed by atoms with Crippen molar-refractivity contribution in [1.29, 1.82) is 0 Å². The molecule has 1 heterocycles. The first-order valence-corrected chi connectivity index (χ1v) is 2.69. The molecule has 0 aromatic carbocycles. The number of aromatic nitrogens is 3. The lowest BCUT2D eigenvalue weighted by Gasteiger charge is -2.02. The van der Waals surface area contributed by atoms with Crippen LogP contribution >= 0.6 is 0 Å². The molecule has 0 aliphatic carbocycles. The van der Waals surface area contributed by atoms with Crippen molar-refractivity contribution < 1.29 is 13.2 Å². The van der Waals surface area contributed by atoms with Gasteiger partial charge in [0, 0.05) is 0 Å². The van der Waals surface area contributed by atoms with E-state index < -0.39 is 12.6 Å². The highest BCUT2D eigenvalue weighted by Gasteiger charge is 2.28. The smallest absolute Gasteiger partial charge is 0.227 e. The summed E-state index contributed by atoms with van der Waals surface area (Å²) in [5.41, 5.74) is -0.174. The Morgan fingerprint density at radius 3 is 2.64 bits per heavy atom. The van der Waals surface area contributed by atoms with Crippen LogP contribution in [0.3, 0.4) is 0 Å². The van der Waals surface area contributed by atoms with E-state index in [1.165, 1.54) is 0 Å². The zero-order valence-electron chi connectivity index (χ0n) is 5.26. The molecule has 0 saturated carbocycles. The third-order valence-corrected chi connectivity index (χ3v) is 0.884. The van der Waals surface area contributed by atoms with E-state index in [0.717, 1.165) is 6.20 Å². The molecule has 1 aromatic heterocycles. The van der Waals surface area contributed by atoms with Gasteiger partial charge in [-0.3, -0.25) is 0 Å². The Morgan fingerprint density at radius 2 is 2.18 bits per heavy atom. The molecule has 1 aromatic rings. The standard InChI is InChI=1S/C5H3F3N3/c6-5(7,8)1-4-2-10-11-3-9-4/h2H,1H2. The molecule has 0 saturated heterocycles. The fraction of sp³-hybridized carbons (Fsp3) is 0.400. The van der Waals surface area contributed by atoms with Crippen LogP contribution in [0.5, 0.6) is 0 Å². The van der Waals surface area contributed by atoms with Crippen LogP contribution < -0.4 is 0 Å². The van der Waals surface area contributed by atoms with E-state index in [4.69, 9.17) is 0 Å². The van der Waals surface area contributed by atoms with Crippen molar-refractivity contribution >= 4 is 0 Å². The minimum atomic E-state index is -4.25. The minimum absolute atomic E-state index is 0.174. The number of alkyl halides is 3. The Morgan fingerprint density at radius 1 is 1.45 bits per heavy atom. The van der Waals surface area contributed by atoms with Crippen molar-refractivity contribution in [2.24, 2.45) is 0 Å². The summed E-state index contributed by atoms with van der Waals surface area (Å²) >= 11 is 0. The van der Waals surface area contributed by atoms with Crippen molar-refractivity contribution in [1.82, 2.24) is 15.2 Å². The van der Waals surface area contributed by atoms with Crippen LogP contribution in [0.15, 0.2) is 6.20 Å². The predicted octanol–water partition coefficient (Wildman–Crippen LogP) is 0.777. The molecule has 3 nitrogen and oxygen atoms in total. The lowest BCUT2D eigenvalue weighted by molar-refractivity contribution is -0.127. The Balaban J connectivity index is 2.66. The van der Waals surface area contributed by atoms with Crippen LogP contribution in [-0.2, 0) is 6.42 Å². The summed E-state index contributed by atoms with van der Waals surface area (Å²) < 4.78 is 34.9. The van der Waals surface area contributed by atoms with E-state index in [2.05, 4.69) is 15.2 Å². The van der Waals surface area contributed by atoms with Gasteiger partial charge in [0.25, 0.3) is 0 Å². The zero-order chi connectivity index (χ0) is 8.32. The van der Waals surface area contributed by atoms with Crippen LogP contribution in [0.4, 0.5) is 13.2 Å². The van der Waals surface area contributed by atoms with Crippen molar-refractivity contribution in [2.45, 2.75) is 12.6 Å². The topological polar surface area (TPSA) is 38.7 Å². The first kappa shape index (κ1) is 7.90. The van der Waals surface area contributed by atoms with Gasteiger partial charge in [-0.1, -0.05) is 0 Å². The molecule has 0 aliphatic rings. The Bertz CT molecular complexity index is 220. The van der Waals surface area contributed by atoms with Crippen molar-refractivity contribution in [3.63, 3.8) is 0 Å². The van der Waals surface area contributed by atoms with Crippen molar-refractivity contribution in [3.05, 3.63) is 18.2 Å². The molecule has 1 radical (unpaired) electrons. The molecular formula is C5H3F3N3. The van der Waals surface area contributed by atoms with Crippen LogP contribution in [-0.4, -0.2) is 21.4 Å². The molecule has 6 heteroatoms. The van der Waals surface area contributed by atoms with Gasteiger partial charge in [0.2, 0.25) is 6.33 Å². The molecule has 0 atom stereocenters. The average molecular weight is 162 g/mol. The third-order valence-electron chi connectivity index (χ3n) is 0.884. The van der Waals surface area contributed by atoms with Gasteiger partial charge in [-0.05, 0) is 0 Å². The maximum Gasteiger partial charge on any atom is 0.394 e. The minimum Gasteiger partial charge on any atom is -0.227 e.